The Hall–Kier alpha value is -1.07. The van der Waals surface area contributed by atoms with Gasteiger partial charge in [0.15, 0.2) is 0 Å². The third-order valence-electron chi connectivity index (χ3n) is 1.60. The van der Waals surface area contributed by atoms with Crippen LogP contribution in [0.4, 0.5) is 0 Å². The van der Waals surface area contributed by atoms with E-state index in [1.54, 1.807) is 30.2 Å². The first-order chi connectivity index (χ1) is 6.15. The van der Waals surface area contributed by atoms with Crippen LogP contribution in [-0.2, 0) is 16.6 Å². The van der Waals surface area contributed by atoms with E-state index < -0.39 is 12.2 Å². The van der Waals surface area contributed by atoms with Crippen molar-refractivity contribution >= 4 is 18.4 Å². The van der Waals surface area contributed by atoms with Gasteiger partial charge in [-0.05, 0) is 6.92 Å². The normalized spacial score (nSPS) is 11.9. The van der Waals surface area contributed by atoms with Crippen LogP contribution in [-0.4, -0.2) is 22.2 Å². The van der Waals surface area contributed by atoms with E-state index in [0.717, 1.165) is 0 Å². The number of ether oxygens (including phenoxy) is 1. The van der Waals surface area contributed by atoms with Crippen LogP contribution in [0.3, 0.4) is 0 Å². The summed E-state index contributed by atoms with van der Waals surface area (Å²) in [4.78, 5) is 10.7. The summed E-state index contributed by atoms with van der Waals surface area (Å²) in [5, 5.41) is 8.81. The van der Waals surface area contributed by atoms with E-state index in [1.807, 2.05) is 7.05 Å². The van der Waals surface area contributed by atoms with Crippen LogP contribution in [0.1, 0.15) is 13.2 Å². The SMILES string of the molecule is CCOC(C(=O)O)n1cc[n+](C)c1.Cl. The lowest BCUT2D eigenvalue weighted by molar-refractivity contribution is -0.671. The van der Waals surface area contributed by atoms with Gasteiger partial charge >= 0.3 is 12.2 Å². The van der Waals surface area contributed by atoms with Gasteiger partial charge in [0.25, 0.3) is 0 Å². The van der Waals surface area contributed by atoms with Gasteiger partial charge in [-0.2, -0.15) is 4.57 Å². The van der Waals surface area contributed by atoms with E-state index >= 15 is 0 Å². The molecule has 5 nitrogen and oxygen atoms in total. The Kier molecular flexibility index (Phi) is 5.19. The highest BCUT2D eigenvalue weighted by atomic mass is 35.5. The lowest BCUT2D eigenvalue weighted by atomic mass is 10.5. The van der Waals surface area contributed by atoms with Gasteiger partial charge in [0, 0.05) is 6.61 Å². The number of rotatable bonds is 4. The first kappa shape index (κ1) is 12.9. The van der Waals surface area contributed by atoms with Gasteiger partial charge < -0.3 is 9.84 Å². The molecule has 0 bridgehead atoms. The molecule has 14 heavy (non-hydrogen) atoms. The number of aliphatic carboxylic acids is 1. The minimum absolute atomic E-state index is 0. The Morgan fingerprint density at radius 3 is 2.71 bits per heavy atom. The molecule has 0 fully saturated rings. The van der Waals surface area contributed by atoms with Crippen molar-refractivity contribution in [2.24, 2.45) is 7.05 Å². The molecule has 1 heterocycles. The molecule has 0 spiro atoms. The molecule has 1 aromatic rings. The quantitative estimate of drug-likeness (QED) is 0.747. The van der Waals surface area contributed by atoms with Crippen molar-refractivity contribution < 1.29 is 19.2 Å². The number of aromatic nitrogens is 2. The van der Waals surface area contributed by atoms with E-state index in [9.17, 15) is 4.79 Å². The molecular formula is C8H14ClN2O3+. The molecule has 0 aliphatic carbocycles. The van der Waals surface area contributed by atoms with Crippen molar-refractivity contribution in [1.82, 2.24) is 4.57 Å². The molecule has 80 valence electrons. The number of nitrogens with zero attached hydrogens (tertiary/aromatic N) is 2. The van der Waals surface area contributed by atoms with Crippen molar-refractivity contribution in [1.29, 1.82) is 0 Å². The molecule has 6 heteroatoms. The van der Waals surface area contributed by atoms with Gasteiger partial charge in [0.1, 0.15) is 12.4 Å². The van der Waals surface area contributed by atoms with Gasteiger partial charge in [0.05, 0.1) is 7.05 Å². The summed E-state index contributed by atoms with van der Waals surface area (Å²) in [6, 6.07) is 0. The number of halogens is 1. The molecule has 1 rings (SSSR count). The average Bonchev–Trinajstić information content (AvgIpc) is 2.46. The molecule has 1 atom stereocenters. The van der Waals surface area contributed by atoms with Crippen LogP contribution in [0.5, 0.6) is 0 Å². The highest BCUT2D eigenvalue weighted by Crippen LogP contribution is 2.06. The lowest BCUT2D eigenvalue weighted by Crippen LogP contribution is -2.27. The van der Waals surface area contributed by atoms with Crippen LogP contribution in [0.2, 0.25) is 0 Å². The molecule has 0 saturated heterocycles. The average molecular weight is 222 g/mol. The van der Waals surface area contributed by atoms with E-state index in [-0.39, 0.29) is 12.4 Å². The second-order valence-corrected chi connectivity index (χ2v) is 2.67. The van der Waals surface area contributed by atoms with Gasteiger partial charge in [-0.15, -0.1) is 12.4 Å². The Morgan fingerprint density at radius 2 is 2.36 bits per heavy atom. The maximum absolute atomic E-state index is 10.7. The number of carbonyl (C=O) groups is 1. The summed E-state index contributed by atoms with van der Waals surface area (Å²) < 4.78 is 8.32. The van der Waals surface area contributed by atoms with Gasteiger partial charge in [-0.3, -0.25) is 0 Å². The van der Waals surface area contributed by atoms with E-state index in [1.165, 1.54) is 4.57 Å². The molecule has 1 N–H and O–H groups in total. The Morgan fingerprint density at radius 1 is 1.71 bits per heavy atom. The minimum atomic E-state index is -0.988. The maximum atomic E-state index is 10.7. The van der Waals surface area contributed by atoms with Gasteiger partial charge in [-0.1, -0.05) is 0 Å². The molecule has 0 amide bonds. The number of aryl methyl sites for hydroxylation is 1. The molecule has 0 aliphatic rings. The highest BCUT2D eigenvalue weighted by Gasteiger charge is 2.24. The molecule has 0 aliphatic heterocycles. The Balaban J connectivity index is 0.00000169. The first-order valence-corrected chi connectivity index (χ1v) is 4.02. The zero-order valence-electron chi connectivity index (χ0n) is 8.08. The summed E-state index contributed by atoms with van der Waals surface area (Å²) >= 11 is 0. The second-order valence-electron chi connectivity index (χ2n) is 2.67. The van der Waals surface area contributed by atoms with Gasteiger partial charge in [-0.25, -0.2) is 9.36 Å². The fourth-order valence-electron chi connectivity index (χ4n) is 1.05. The summed E-state index contributed by atoms with van der Waals surface area (Å²) in [7, 11) is 1.82. The minimum Gasteiger partial charge on any atom is -0.476 e. The first-order valence-electron chi connectivity index (χ1n) is 4.02. The lowest BCUT2D eigenvalue weighted by Gasteiger charge is -2.07. The molecule has 0 radical (unpaired) electrons. The summed E-state index contributed by atoms with van der Waals surface area (Å²) in [5.41, 5.74) is 0. The fourth-order valence-corrected chi connectivity index (χ4v) is 1.05. The van der Waals surface area contributed by atoms with Crippen molar-refractivity contribution in [2.45, 2.75) is 13.2 Å². The number of imidazole rings is 1. The summed E-state index contributed by atoms with van der Waals surface area (Å²) in [6.07, 6.45) is 4.16. The van der Waals surface area contributed by atoms with Crippen LogP contribution in [0.15, 0.2) is 18.7 Å². The number of hydrogen-bond acceptors (Lipinski definition) is 2. The topological polar surface area (TPSA) is 55.3 Å². The molecular weight excluding hydrogens is 208 g/mol. The third kappa shape index (κ3) is 3.01. The third-order valence-corrected chi connectivity index (χ3v) is 1.60. The summed E-state index contributed by atoms with van der Waals surface area (Å²) in [6.45, 7) is 2.14. The van der Waals surface area contributed by atoms with Crippen molar-refractivity contribution in [3.05, 3.63) is 18.7 Å². The van der Waals surface area contributed by atoms with Crippen LogP contribution in [0, 0.1) is 0 Å². The van der Waals surface area contributed by atoms with Crippen molar-refractivity contribution in [2.75, 3.05) is 6.61 Å². The van der Waals surface area contributed by atoms with Crippen LogP contribution < -0.4 is 4.57 Å². The number of carboxylic acid groups (broad SMARTS) is 1. The summed E-state index contributed by atoms with van der Waals surface area (Å²) in [5.74, 6) is -0.988. The number of hydrogen-bond donors (Lipinski definition) is 1. The Labute approximate surface area is 88.3 Å². The fraction of sp³-hybridized carbons (Fsp3) is 0.500. The standard InChI is InChI=1S/C8H12N2O3.ClH/c1-3-13-7(8(11)12)10-5-4-9(2)6-10;/h4-7H,3H2,1-2H3;1H/p+1. The van der Waals surface area contributed by atoms with E-state index in [2.05, 4.69) is 0 Å². The smallest absolute Gasteiger partial charge is 0.378 e. The monoisotopic (exact) mass is 221 g/mol. The largest absolute Gasteiger partial charge is 0.476 e. The predicted octanol–water partition coefficient (Wildman–Crippen LogP) is 0.354. The van der Waals surface area contributed by atoms with Crippen molar-refractivity contribution in [3.8, 4) is 0 Å². The van der Waals surface area contributed by atoms with Crippen LogP contribution in [0.25, 0.3) is 0 Å². The highest BCUT2D eigenvalue weighted by molar-refractivity contribution is 5.85. The van der Waals surface area contributed by atoms with E-state index in [0.29, 0.717) is 6.61 Å². The molecule has 1 aromatic heterocycles. The maximum Gasteiger partial charge on any atom is 0.378 e. The molecule has 1 unspecified atom stereocenters. The van der Waals surface area contributed by atoms with Crippen molar-refractivity contribution in [3.63, 3.8) is 0 Å². The number of carboxylic acids is 1. The molecule has 0 aromatic carbocycles. The van der Waals surface area contributed by atoms with Crippen LogP contribution >= 0.6 is 12.4 Å². The Bertz CT molecular complexity index is 301. The van der Waals surface area contributed by atoms with Gasteiger partial charge in [0.2, 0.25) is 6.33 Å². The predicted molar refractivity (Wildman–Crippen MR) is 51.2 cm³/mol. The zero-order valence-corrected chi connectivity index (χ0v) is 8.90. The second kappa shape index (κ2) is 5.62. The van der Waals surface area contributed by atoms with E-state index in [4.69, 9.17) is 9.84 Å². The molecule has 0 saturated carbocycles. The zero-order chi connectivity index (χ0) is 9.84.